The first kappa shape index (κ1) is 15.7. The summed E-state index contributed by atoms with van der Waals surface area (Å²) in [4.78, 5) is 2.52. The van der Waals surface area contributed by atoms with E-state index in [1.807, 2.05) is 6.07 Å². The van der Waals surface area contributed by atoms with Crippen molar-refractivity contribution in [3.05, 3.63) is 28.8 Å². The van der Waals surface area contributed by atoms with Gasteiger partial charge in [-0.05, 0) is 49.4 Å². The van der Waals surface area contributed by atoms with E-state index in [-0.39, 0.29) is 0 Å². The second-order valence-corrected chi connectivity index (χ2v) is 6.28. The average molecular weight is 295 g/mol. The Balaban J connectivity index is 2.07. The zero-order valence-corrected chi connectivity index (χ0v) is 13.5. The van der Waals surface area contributed by atoms with E-state index in [1.54, 1.807) is 0 Å². The maximum atomic E-state index is 6.21. The second kappa shape index (κ2) is 7.90. The normalized spacial score (nSPS) is 18.8. The van der Waals surface area contributed by atoms with Crippen molar-refractivity contribution in [2.24, 2.45) is 5.92 Å². The minimum Gasteiger partial charge on any atom is -0.371 e. The Hall–Kier alpha value is -0.730. The van der Waals surface area contributed by atoms with Gasteiger partial charge in [0.25, 0.3) is 0 Å². The monoisotopic (exact) mass is 294 g/mol. The number of nitrogens with one attached hydrogen (secondary N) is 1. The Morgan fingerprint density at radius 3 is 2.90 bits per heavy atom. The summed E-state index contributed by atoms with van der Waals surface area (Å²) in [5.41, 5.74) is 2.71. The van der Waals surface area contributed by atoms with E-state index >= 15 is 0 Å². The molecular formula is C17H27ClN2. The molecule has 1 heterocycles. The predicted molar refractivity (Wildman–Crippen MR) is 88.7 cm³/mol. The predicted octanol–water partition coefficient (Wildman–Crippen LogP) is 4.47. The number of anilines is 1. The SMILES string of the molecule is CCCNCc1ccc(Cl)cc1N1CCC(CCC)C1. The fourth-order valence-electron chi connectivity index (χ4n) is 3.08. The summed E-state index contributed by atoms with van der Waals surface area (Å²) in [5.74, 6) is 0.857. The molecule has 1 atom stereocenters. The van der Waals surface area contributed by atoms with Gasteiger partial charge in [-0.25, -0.2) is 0 Å². The van der Waals surface area contributed by atoms with Crippen LogP contribution in [0, 0.1) is 5.92 Å². The van der Waals surface area contributed by atoms with Gasteiger partial charge >= 0.3 is 0 Å². The molecule has 0 radical (unpaired) electrons. The summed E-state index contributed by atoms with van der Waals surface area (Å²) < 4.78 is 0. The molecular weight excluding hydrogens is 268 g/mol. The maximum Gasteiger partial charge on any atom is 0.0426 e. The van der Waals surface area contributed by atoms with Crippen LogP contribution in [0.1, 0.15) is 45.1 Å². The number of hydrogen-bond donors (Lipinski definition) is 1. The molecule has 1 aliphatic rings. The lowest BCUT2D eigenvalue weighted by molar-refractivity contribution is 0.529. The van der Waals surface area contributed by atoms with Crippen molar-refractivity contribution in [2.75, 3.05) is 24.5 Å². The van der Waals surface area contributed by atoms with Gasteiger partial charge in [-0.15, -0.1) is 0 Å². The number of benzene rings is 1. The fourth-order valence-corrected chi connectivity index (χ4v) is 3.24. The van der Waals surface area contributed by atoms with Gasteiger partial charge in [-0.3, -0.25) is 0 Å². The van der Waals surface area contributed by atoms with Crippen molar-refractivity contribution in [1.82, 2.24) is 5.32 Å². The van der Waals surface area contributed by atoms with Gasteiger partial charge in [0, 0.05) is 30.3 Å². The summed E-state index contributed by atoms with van der Waals surface area (Å²) in [6.07, 6.45) is 5.13. The molecule has 2 rings (SSSR count). The molecule has 1 unspecified atom stereocenters. The lowest BCUT2D eigenvalue weighted by Gasteiger charge is -2.23. The highest BCUT2D eigenvalue weighted by molar-refractivity contribution is 6.30. The average Bonchev–Trinajstić information content (AvgIpc) is 2.89. The first-order valence-electron chi connectivity index (χ1n) is 7.98. The zero-order valence-electron chi connectivity index (χ0n) is 12.8. The quantitative estimate of drug-likeness (QED) is 0.747. The number of hydrogen-bond acceptors (Lipinski definition) is 2. The van der Waals surface area contributed by atoms with E-state index in [2.05, 4.69) is 36.2 Å². The van der Waals surface area contributed by atoms with Crippen LogP contribution in [0.4, 0.5) is 5.69 Å². The van der Waals surface area contributed by atoms with Crippen molar-refractivity contribution >= 4 is 17.3 Å². The van der Waals surface area contributed by atoms with Gasteiger partial charge < -0.3 is 10.2 Å². The third-order valence-electron chi connectivity index (χ3n) is 4.11. The molecule has 112 valence electrons. The summed E-state index contributed by atoms with van der Waals surface area (Å²) in [5, 5.41) is 4.35. The second-order valence-electron chi connectivity index (χ2n) is 5.84. The zero-order chi connectivity index (χ0) is 14.4. The first-order valence-corrected chi connectivity index (χ1v) is 8.36. The van der Waals surface area contributed by atoms with E-state index in [0.717, 1.165) is 24.0 Å². The smallest absolute Gasteiger partial charge is 0.0426 e. The number of halogens is 1. The highest BCUT2D eigenvalue weighted by Gasteiger charge is 2.23. The largest absolute Gasteiger partial charge is 0.371 e. The van der Waals surface area contributed by atoms with Crippen LogP contribution < -0.4 is 10.2 Å². The third kappa shape index (κ3) is 4.13. The summed E-state index contributed by atoms with van der Waals surface area (Å²) in [7, 11) is 0. The van der Waals surface area contributed by atoms with Crippen LogP contribution in [0.3, 0.4) is 0 Å². The van der Waals surface area contributed by atoms with Gasteiger partial charge in [0.2, 0.25) is 0 Å². The number of nitrogens with zero attached hydrogens (tertiary/aromatic N) is 1. The molecule has 1 fully saturated rings. The Kier molecular flexibility index (Phi) is 6.18. The van der Waals surface area contributed by atoms with E-state index in [9.17, 15) is 0 Å². The van der Waals surface area contributed by atoms with Gasteiger partial charge in [0.05, 0.1) is 0 Å². The van der Waals surface area contributed by atoms with E-state index in [4.69, 9.17) is 11.6 Å². The standard InChI is InChI=1S/C17H27ClN2/c1-3-5-14-8-10-20(13-14)17-11-16(18)7-6-15(17)12-19-9-4-2/h6-7,11,14,19H,3-5,8-10,12-13H2,1-2H3. The van der Waals surface area contributed by atoms with Gasteiger partial charge in [-0.1, -0.05) is 37.9 Å². The Labute approximate surface area is 128 Å². The molecule has 3 heteroatoms. The molecule has 0 saturated carbocycles. The molecule has 0 bridgehead atoms. The minimum absolute atomic E-state index is 0.846. The molecule has 0 spiro atoms. The molecule has 2 nitrogen and oxygen atoms in total. The molecule has 0 aliphatic carbocycles. The number of rotatable bonds is 7. The van der Waals surface area contributed by atoms with Crippen molar-refractivity contribution in [3.63, 3.8) is 0 Å². The first-order chi connectivity index (χ1) is 9.74. The third-order valence-corrected chi connectivity index (χ3v) is 4.35. The molecule has 1 aliphatic heterocycles. The summed E-state index contributed by atoms with van der Waals surface area (Å²) in [6, 6.07) is 6.32. The van der Waals surface area contributed by atoms with Crippen LogP contribution in [0.2, 0.25) is 5.02 Å². The maximum absolute atomic E-state index is 6.21. The van der Waals surface area contributed by atoms with Crippen molar-refractivity contribution in [2.45, 2.75) is 46.1 Å². The summed E-state index contributed by atoms with van der Waals surface area (Å²) >= 11 is 6.21. The van der Waals surface area contributed by atoms with Crippen LogP contribution in [0.5, 0.6) is 0 Å². The van der Waals surface area contributed by atoms with Crippen LogP contribution in [0.25, 0.3) is 0 Å². The van der Waals surface area contributed by atoms with E-state index < -0.39 is 0 Å². The van der Waals surface area contributed by atoms with Crippen LogP contribution in [-0.2, 0) is 6.54 Å². The molecule has 1 N–H and O–H groups in total. The highest BCUT2D eigenvalue weighted by atomic mass is 35.5. The Morgan fingerprint density at radius 2 is 2.15 bits per heavy atom. The van der Waals surface area contributed by atoms with Crippen LogP contribution in [-0.4, -0.2) is 19.6 Å². The topological polar surface area (TPSA) is 15.3 Å². The van der Waals surface area contributed by atoms with Crippen LogP contribution >= 0.6 is 11.6 Å². The fraction of sp³-hybridized carbons (Fsp3) is 0.647. The Bertz CT molecular complexity index is 419. The molecule has 0 amide bonds. The van der Waals surface area contributed by atoms with Gasteiger partial charge in [0.1, 0.15) is 0 Å². The molecule has 0 aromatic heterocycles. The summed E-state index contributed by atoms with van der Waals surface area (Å²) in [6.45, 7) is 8.85. The van der Waals surface area contributed by atoms with Crippen molar-refractivity contribution < 1.29 is 0 Å². The molecule has 20 heavy (non-hydrogen) atoms. The minimum atomic E-state index is 0.846. The molecule has 1 aromatic carbocycles. The lowest BCUT2D eigenvalue weighted by atomic mass is 10.0. The van der Waals surface area contributed by atoms with E-state index in [0.29, 0.717) is 0 Å². The van der Waals surface area contributed by atoms with Crippen molar-refractivity contribution in [3.8, 4) is 0 Å². The van der Waals surface area contributed by atoms with E-state index in [1.165, 1.54) is 50.0 Å². The lowest BCUT2D eigenvalue weighted by Crippen LogP contribution is -2.23. The highest BCUT2D eigenvalue weighted by Crippen LogP contribution is 2.31. The van der Waals surface area contributed by atoms with Gasteiger partial charge in [-0.2, -0.15) is 0 Å². The van der Waals surface area contributed by atoms with Gasteiger partial charge in [0.15, 0.2) is 0 Å². The van der Waals surface area contributed by atoms with Crippen molar-refractivity contribution in [1.29, 1.82) is 0 Å². The Morgan fingerprint density at radius 1 is 1.30 bits per heavy atom. The molecule has 1 aromatic rings. The molecule has 1 saturated heterocycles. The van der Waals surface area contributed by atoms with Crippen LogP contribution in [0.15, 0.2) is 18.2 Å².